The van der Waals surface area contributed by atoms with Gasteiger partial charge in [0.2, 0.25) is 0 Å². The van der Waals surface area contributed by atoms with Gasteiger partial charge in [-0.15, -0.1) is 10.2 Å². The van der Waals surface area contributed by atoms with Crippen molar-refractivity contribution in [2.75, 3.05) is 6.54 Å². The van der Waals surface area contributed by atoms with Crippen LogP contribution in [0.25, 0.3) is 10.6 Å². The zero-order valence-corrected chi connectivity index (χ0v) is 14.5. The van der Waals surface area contributed by atoms with Crippen LogP contribution in [-0.4, -0.2) is 16.7 Å². The van der Waals surface area contributed by atoms with E-state index in [0.717, 1.165) is 39.4 Å². The molecule has 1 aromatic carbocycles. The average molecular weight is 354 g/mol. The Morgan fingerprint density at radius 1 is 1.30 bits per heavy atom. The molecule has 0 radical (unpaired) electrons. The molecule has 0 bridgehead atoms. The topological polar surface area (TPSA) is 37.8 Å². The molecule has 2 aromatic rings. The molecule has 0 aliphatic rings. The zero-order chi connectivity index (χ0) is 14.5. The first-order valence-corrected chi connectivity index (χ1v) is 8.60. The molecule has 1 N–H and O–H groups in total. The van der Waals surface area contributed by atoms with E-state index in [2.05, 4.69) is 70.4 Å². The van der Waals surface area contributed by atoms with Gasteiger partial charge < -0.3 is 5.32 Å². The van der Waals surface area contributed by atoms with Crippen molar-refractivity contribution in [1.29, 1.82) is 0 Å². The van der Waals surface area contributed by atoms with Crippen LogP contribution in [0.4, 0.5) is 0 Å². The molecular weight excluding hydrogens is 334 g/mol. The van der Waals surface area contributed by atoms with E-state index in [0.29, 0.717) is 6.04 Å². The van der Waals surface area contributed by atoms with Gasteiger partial charge in [-0.3, -0.25) is 0 Å². The lowest BCUT2D eigenvalue weighted by Crippen LogP contribution is -2.21. The lowest BCUT2D eigenvalue weighted by atomic mass is 10.2. The number of aromatic nitrogens is 2. The van der Waals surface area contributed by atoms with Crippen LogP contribution in [0.15, 0.2) is 22.7 Å². The lowest BCUT2D eigenvalue weighted by molar-refractivity contribution is 0.513. The Morgan fingerprint density at radius 3 is 2.75 bits per heavy atom. The van der Waals surface area contributed by atoms with Gasteiger partial charge in [-0.1, -0.05) is 53.2 Å². The third-order valence-corrected chi connectivity index (χ3v) is 5.15. The smallest absolute Gasteiger partial charge is 0.147 e. The highest BCUT2D eigenvalue weighted by molar-refractivity contribution is 9.10. The summed E-state index contributed by atoms with van der Waals surface area (Å²) in [4.78, 5) is 0. The number of halogens is 1. The van der Waals surface area contributed by atoms with Crippen LogP contribution >= 0.6 is 27.3 Å². The molecule has 1 heterocycles. The fourth-order valence-corrected chi connectivity index (χ4v) is 3.32. The summed E-state index contributed by atoms with van der Waals surface area (Å²) < 4.78 is 1.11. The lowest BCUT2D eigenvalue weighted by Gasteiger charge is -2.12. The van der Waals surface area contributed by atoms with Crippen LogP contribution in [0, 0.1) is 6.92 Å². The van der Waals surface area contributed by atoms with E-state index in [1.54, 1.807) is 11.3 Å². The number of hydrogen-bond acceptors (Lipinski definition) is 4. The summed E-state index contributed by atoms with van der Waals surface area (Å²) >= 11 is 5.25. The van der Waals surface area contributed by atoms with Crippen LogP contribution in [-0.2, 0) is 0 Å². The van der Waals surface area contributed by atoms with Crippen LogP contribution in [0.5, 0.6) is 0 Å². The highest BCUT2D eigenvalue weighted by Crippen LogP contribution is 2.30. The maximum absolute atomic E-state index is 4.36. The summed E-state index contributed by atoms with van der Waals surface area (Å²) in [6.07, 6.45) is 2.17. The van der Waals surface area contributed by atoms with E-state index in [9.17, 15) is 0 Å². The number of benzene rings is 1. The molecule has 1 aromatic heterocycles. The minimum Gasteiger partial charge on any atom is -0.308 e. The molecule has 1 atom stereocenters. The quantitative estimate of drug-likeness (QED) is 0.815. The van der Waals surface area contributed by atoms with Crippen LogP contribution in [0.1, 0.15) is 43.3 Å². The van der Waals surface area contributed by atoms with Gasteiger partial charge in [-0.2, -0.15) is 0 Å². The summed E-state index contributed by atoms with van der Waals surface area (Å²) in [5.74, 6) is 0. The summed E-state index contributed by atoms with van der Waals surface area (Å²) in [7, 11) is 0. The minimum absolute atomic E-state index is 0.315. The van der Waals surface area contributed by atoms with Gasteiger partial charge in [0.1, 0.15) is 10.0 Å². The summed E-state index contributed by atoms with van der Waals surface area (Å²) in [6, 6.07) is 6.63. The van der Waals surface area contributed by atoms with Crippen molar-refractivity contribution in [3.63, 3.8) is 0 Å². The second kappa shape index (κ2) is 7.29. The zero-order valence-electron chi connectivity index (χ0n) is 12.1. The standard InChI is InChI=1S/C15H20BrN3S/c1-4-8-17-13(5-2)15-19-18-14(20-15)11-7-6-10(3)12(16)9-11/h6-7,9,13,17H,4-5,8H2,1-3H3. The molecule has 0 aliphatic heterocycles. The van der Waals surface area contributed by atoms with Gasteiger partial charge in [0.25, 0.3) is 0 Å². The van der Waals surface area contributed by atoms with Gasteiger partial charge in [0.05, 0.1) is 6.04 Å². The molecule has 0 saturated carbocycles. The predicted octanol–water partition coefficient (Wildman–Crippen LogP) is 4.73. The Labute approximate surface area is 133 Å². The van der Waals surface area contributed by atoms with Gasteiger partial charge >= 0.3 is 0 Å². The van der Waals surface area contributed by atoms with Crippen molar-refractivity contribution < 1.29 is 0 Å². The first-order chi connectivity index (χ1) is 9.65. The van der Waals surface area contributed by atoms with Crippen molar-refractivity contribution in [1.82, 2.24) is 15.5 Å². The predicted molar refractivity (Wildman–Crippen MR) is 89.1 cm³/mol. The van der Waals surface area contributed by atoms with Crippen LogP contribution in [0.2, 0.25) is 0 Å². The third kappa shape index (κ3) is 3.65. The normalized spacial score (nSPS) is 12.6. The highest BCUT2D eigenvalue weighted by atomic mass is 79.9. The molecule has 108 valence electrons. The SMILES string of the molecule is CCCNC(CC)c1nnc(-c2ccc(C)c(Br)c2)s1. The fraction of sp³-hybridized carbons (Fsp3) is 0.467. The monoisotopic (exact) mass is 353 g/mol. The van der Waals surface area contributed by atoms with E-state index in [4.69, 9.17) is 0 Å². The largest absolute Gasteiger partial charge is 0.308 e. The molecule has 3 nitrogen and oxygen atoms in total. The highest BCUT2D eigenvalue weighted by Gasteiger charge is 2.15. The van der Waals surface area contributed by atoms with Crippen molar-refractivity contribution >= 4 is 27.3 Å². The van der Waals surface area contributed by atoms with E-state index in [-0.39, 0.29) is 0 Å². The Balaban J connectivity index is 2.20. The van der Waals surface area contributed by atoms with E-state index >= 15 is 0 Å². The number of aryl methyl sites for hydroxylation is 1. The van der Waals surface area contributed by atoms with Crippen molar-refractivity contribution in [3.05, 3.63) is 33.2 Å². The van der Waals surface area contributed by atoms with Gasteiger partial charge in [-0.25, -0.2) is 0 Å². The van der Waals surface area contributed by atoms with Gasteiger partial charge in [0, 0.05) is 10.0 Å². The number of hydrogen-bond donors (Lipinski definition) is 1. The van der Waals surface area contributed by atoms with Gasteiger partial charge in [0.15, 0.2) is 0 Å². The summed E-state index contributed by atoms with van der Waals surface area (Å²) in [5, 5.41) is 14.3. The van der Waals surface area contributed by atoms with Crippen molar-refractivity contribution in [2.24, 2.45) is 0 Å². The number of nitrogens with zero attached hydrogens (tertiary/aromatic N) is 2. The molecule has 0 fully saturated rings. The fourth-order valence-electron chi connectivity index (χ4n) is 1.94. The molecule has 0 amide bonds. The molecule has 1 unspecified atom stereocenters. The van der Waals surface area contributed by atoms with Crippen LogP contribution < -0.4 is 5.32 Å². The van der Waals surface area contributed by atoms with Gasteiger partial charge in [-0.05, 0) is 37.9 Å². The summed E-state index contributed by atoms with van der Waals surface area (Å²) in [5.41, 5.74) is 2.35. The minimum atomic E-state index is 0.315. The molecule has 2 rings (SSSR count). The first kappa shape index (κ1) is 15.6. The Kier molecular flexibility index (Phi) is 5.69. The number of rotatable bonds is 6. The van der Waals surface area contributed by atoms with E-state index < -0.39 is 0 Å². The molecule has 20 heavy (non-hydrogen) atoms. The van der Waals surface area contributed by atoms with E-state index in [1.807, 2.05) is 0 Å². The average Bonchev–Trinajstić information content (AvgIpc) is 2.92. The van der Waals surface area contributed by atoms with Crippen molar-refractivity contribution in [3.8, 4) is 10.6 Å². The van der Waals surface area contributed by atoms with Crippen molar-refractivity contribution in [2.45, 2.75) is 39.7 Å². The Hall–Kier alpha value is -0.780. The maximum atomic E-state index is 4.36. The molecule has 0 spiro atoms. The first-order valence-electron chi connectivity index (χ1n) is 6.99. The third-order valence-electron chi connectivity index (χ3n) is 3.21. The second-order valence-electron chi connectivity index (χ2n) is 4.82. The number of nitrogens with one attached hydrogen (secondary N) is 1. The molecule has 5 heteroatoms. The maximum Gasteiger partial charge on any atom is 0.147 e. The van der Waals surface area contributed by atoms with Crippen LogP contribution in [0.3, 0.4) is 0 Å². The molecule has 0 aliphatic carbocycles. The Morgan fingerprint density at radius 2 is 2.10 bits per heavy atom. The van der Waals surface area contributed by atoms with E-state index in [1.165, 1.54) is 5.56 Å². The second-order valence-corrected chi connectivity index (χ2v) is 6.69. The molecule has 0 saturated heterocycles. The molecular formula is C15H20BrN3S. The Bertz CT molecular complexity index is 568. The summed E-state index contributed by atoms with van der Waals surface area (Å²) in [6.45, 7) is 7.45.